The van der Waals surface area contributed by atoms with Gasteiger partial charge in [-0.05, 0) is 13.8 Å². The van der Waals surface area contributed by atoms with E-state index in [9.17, 15) is 14.7 Å². The Bertz CT molecular complexity index is 453. The van der Waals surface area contributed by atoms with Gasteiger partial charge >= 0.3 is 11.7 Å². The number of hydrogen-bond donors (Lipinski definition) is 3. The topological polar surface area (TPSA) is 95.3 Å². The van der Waals surface area contributed by atoms with Crippen molar-refractivity contribution in [3.8, 4) is 0 Å². The van der Waals surface area contributed by atoms with Crippen molar-refractivity contribution in [1.29, 1.82) is 0 Å². The molecule has 0 amide bonds. The summed E-state index contributed by atoms with van der Waals surface area (Å²) < 4.78 is 1.08. The van der Waals surface area contributed by atoms with Crippen LogP contribution in [-0.4, -0.2) is 25.7 Å². The molecule has 82 valence electrons. The number of carboxylic acids is 1. The van der Waals surface area contributed by atoms with E-state index in [-0.39, 0.29) is 5.57 Å². The molecule has 3 N–H and O–H groups in total. The van der Waals surface area contributed by atoms with E-state index in [1.807, 2.05) is 0 Å². The maximum Gasteiger partial charge on any atom is 0.332 e. The van der Waals surface area contributed by atoms with E-state index in [2.05, 4.69) is 4.98 Å². The van der Waals surface area contributed by atoms with Gasteiger partial charge in [0.25, 0.3) is 0 Å². The molecule has 6 heteroatoms. The number of carbonyl (C=O) groups is 1. The molecule has 0 saturated heterocycles. The molecule has 1 heterocycles. The van der Waals surface area contributed by atoms with E-state index in [1.165, 1.54) is 26.2 Å². The lowest BCUT2D eigenvalue weighted by atomic mass is 10.3. The minimum absolute atomic E-state index is 0.0126. The van der Waals surface area contributed by atoms with Crippen LogP contribution in [0.2, 0.25) is 0 Å². The zero-order valence-corrected chi connectivity index (χ0v) is 8.39. The van der Waals surface area contributed by atoms with Gasteiger partial charge in [0, 0.05) is 12.4 Å². The molecular formula is C9H12N2O4. The van der Waals surface area contributed by atoms with Crippen LogP contribution in [0.5, 0.6) is 0 Å². The van der Waals surface area contributed by atoms with Crippen molar-refractivity contribution in [3.05, 3.63) is 27.9 Å². The second-order valence-electron chi connectivity index (χ2n) is 3.18. The summed E-state index contributed by atoms with van der Waals surface area (Å²) in [7, 11) is 0. The van der Waals surface area contributed by atoms with Crippen LogP contribution in [0.1, 0.15) is 25.6 Å². The summed E-state index contributed by atoms with van der Waals surface area (Å²) in [6.45, 7) is 2.86. The number of aromatic nitrogens is 2. The van der Waals surface area contributed by atoms with Gasteiger partial charge in [-0.15, -0.1) is 0 Å². The molecule has 1 rings (SSSR count). The number of aliphatic hydroxyl groups is 1. The number of nitrogens with one attached hydrogen (secondary N) is 1. The highest BCUT2D eigenvalue weighted by atomic mass is 16.4. The first-order chi connectivity index (χ1) is 6.93. The predicted molar refractivity (Wildman–Crippen MR) is 53.3 cm³/mol. The van der Waals surface area contributed by atoms with Crippen molar-refractivity contribution >= 4 is 12.2 Å². The average Bonchev–Trinajstić information content (AvgIpc) is 2.48. The standard InChI is InChI=1S/C9H12N2O4/c1-5(8(13)14)4-11-7(6(2)12)3-10-9(11)15/h3-4,6,12H,1-2H3,(H,10,15)(H,13,14). The predicted octanol–water partition coefficient (Wildman–Crippen LogP) is 0.175. The van der Waals surface area contributed by atoms with E-state index >= 15 is 0 Å². The zero-order valence-electron chi connectivity index (χ0n) is 8.39. The van der Waals surface area contributed by atoms with Gasteiger partial charge in [0.2, 0.25) is 0 Å². The molecule has 0 spiro atoms. The summed E-state index contributed by atoms with van der Waals surface area (Å²) in [4.78, 5) is 24.2. The van der Waals surface area contributed by atoms with Gasteiger partial charge in [-0.3, -0.25) is 4.57 Å². The smallest absolute Gasteiger partial charge is 0.332 e. The normalized spacial score (nSPS) is 13.9. The van der Waals surface area contributed by atoms with E-state index < -0.39 is 17.8 Å². The first kappa shape index (κ1) is 11.3. The fourth-order valence-corrected chi connectivity index (χ4v) is 1.10. The van der Waals surface area contributed by atoms with Gasteiger partial charge in [0.05, 0.1) is 17.4 Å². The number of H-pyrrole nitrogens is 1. The van der Waals surface area contributed by atoms with Crippen LogP contribution < -0.4 is 5.69 Å². The monoisotopic (exact) mass is 212 g/mol. The number of hydrogen-bond acceptors (Lipinski definition) is 3. The second-order valence-corrected chi connectivity index (χ2v) is 3.18. The van der Waals surface area contributed by atoms with Crippen LogP contribution in [0, 0.1) is 0 Å². The molecule has 0 bridgehead atoms. The lowest BCUT2D eigenvalue weighted by molar-refractivity contribution is -0.132. The Morgan fingerprint density at radius 1 is 1.67 bits per heavy atom. The van der Waals surface area contributed by atoms with Crippen LogP contribution in [0.25, 0.3) is 6.20 Å². The Morgan fingerprint density at radius 2 is 2.27 bits per heavy atom. The third-order valence-electron chi connectivity index (χ3n) is 1.93. The van der Waals surface area contributed by atoms with Crippen LogP contribution in [0.4, 0.5) is 0 Å². The number of aliphatic hydroxyl groups excluding tert-OH is 1. The highest BCUT2D eigenvalue weighted by Crippen LogP contribution is 2.09. The molecule has 1 aromatic rings. The van der Waals surface area contributed by atoms with E-state index in [0.717, 1.165) is 4.57 Å². The summed E-state index contributed by atoms with van der Waals surface area (Å²) in [5, 5.41) is 18.0. The maximum absolute atomic E-state index is 11.3. The van der Waals surface area contributed by atoms with Gasteiger partial charge in [-0.2, -0.15) is 0 Å². The van der Waals surface area contributed by atoms with Crippen LogP contribution in [-0.2, 0) is 4.79 Å². The van der Waals surface area contributed by atoms with Crippen LogP contribution in [0.3, 0.4) is 0 Å². The van der Waals surface area contributed by atoms with Crippen LogP contribution in [0.15, 0.2) is 16.6 Å². The minimum Gasteiger partial charge on any atom is -0.478 e. The SMILES string of the molecule is CC(=Cn1c(C(C)O)c[nH]c1=O)C(=O)O. The molecule has 0 aliphatic rings. The molecular weight excluding hydrogens is 200 g/mol. The van der Waals surface area contributed by atoms with Gasteiger partial charge in [0.15, 0.2) is 0 Å². The van der Waals surface area contributed by atoms with Crippen molar-refractivity contribution in [3.63, 3.8) is 0 Å². The molecule has 0 saturated carbocycles. The molecule has 6 nitrogen and oxygen atoms in total. The Kier molecular flexibility index (Phi) is 3.11. The quantitative estimate of drug-likeness (QED) is 0.622. The molecule has 0 aromatic carbocycles. The van der Waals surface area contributed by atoms with E-state index in [4.69, 9.17) is 5.11 Å². The summed E-state index contributed by atoms with van der Waals surface area (Å²) in [5.41, 5.74) is -0.147. The third kappa shape index (κ3) is 2.35. The lowest BCUT2D eigenvalue weighted by Crippen LogP contribution is -2.16. The Balaban J connectivity index is 3.25. The molecule has 1 aromatic heterocycles. The molecule has 1 unspecified atom stereocenters. The highest BCUT2D eigenvalue weighted by molar-refractivity contribution is 5.89. The van der Waals surface area contributed by atoms with Gasteiger partial charge in [-0.1, -0.05) is 0 Å². The molecule has 0 aliphatic heterocycles. The summed E-state index contributed by atoms with van der Waals surface area (Å²) in [6, 6.07) is 0. The number of aliphatic carboxylic acids is 1. The summed E-state index contributed by atoms with van der Waals surface area (Å²) >= 11 is 0. The zero-order chi connectivity index (χ0) is 11.6. The third-order valence-corrected chi connectivity index (χ3v) is 1.93. The van der Waals surface area contributed by atoms with Crippen molar-refractivity contribution < 1.29 is 15.0 Å². The molecule has 0 fully saturated rings. The second kappa shape index (κ2) is 4.14. The number of rotatable bonds is 3. The molecule has 0 aliphatic carbocycles. The van der Waals surface area contributed by atoms with E-state index in [1.54, 1.807) is 0 Å². The Labute approximate surface area is 85.5 Å². The Morgan fingerprint density at radius 3 is 2.73 bits per heavy atom. The Hall–Kier alpha value is -1.82. The lowest BCUT2D eigenvalue weighted by Gasteiger charge is -2.04. The minimum atomic E-state index is -1.11. The fourth-order valence-electron chi connectivity index (χ4n) is 1.10. The average molecular weight is 212 g/mol. The summed E-state index contributed by atoms with van der Waals surface area (Å²) in [6.07, 6.45) is 1.67. The van der Waals surface area contributed by atoms with Crippen molar-refractivity contribution in [2.75, 3.05) is 0 Å². The number of carboxylic acid groups (broad SMARTS) is 1. The number of nitrogens with zero attached hydrogens (tertiary/aromatic N) is 1. The van der Waals surface area contributed by atoms with Gasteiger partial charge in [0.1, 0.15) is 0 Å². The van der Waals surface area contributed by atoms with Crippen molar-refractivity contribution in [2.24, 2.45) is 0 Å². The van der Waals surface area contributed by atoms with Crippen molar-refractivity contribution in [2.45, 2.75) is 20.0 Å². The van der Waals surface area contributed by atoms with Crippen molar-refractivity contribution in [1.82, 2.24) is 9.55 Å². The number of imidazole rings is 1. The molecule has 15 heavy (non-hydrogen) atoms. The first-order valence-corrected chi connectivity index (χ1v) is 4.33. The van der Waals surface area contributed by atoms with E-state index in [0.29, 0.717) is 5.69 Å². The molecule has 1 atom stereocenters. The molecule has 0 radical (unpaired) electrons. The number of aromatic amines is 1. The maximum atomic E-state index is 11.3. The summed E-state index contributed by atoms with van der Waals surface area (Å²) in [5.74, 6) is -1.11. The fraction of sp³-hybridized carbons (Fsp3) is 0.333. The highest BCUT2D eigenvalue weighted by Gasteiger charge is 2.10. The first-order valence-electron chi connectivity index (χ1n) is 4.33. The van der Waals surface area contributed by atoms with Gasteiger partial charge < -0.3 is 15.2 Å². The largest absolute Gasteiger partial charge is 0.478 e. The van der Waals surface area contributed by atoms with Crippen LogP contribution >= 0.6 is 0 Å². The van der Waals surface area contributed by atoms with Gasteiger partial charge in [-0.25, -0.2) is 9.59 Å².